The SMILES string of the molecule is CC(C)(C)[Si](N(c1ncns1)[Si](C(C)(C)C)(C(C)(C)C)C(C)(C)C)(C(C)(C)C)C(C)(C)C. The molecule has 0 aliphatic heterocycles. The lowest BCUT2D eigenvalue weighted by Gasteiger charge is -2.74. The molecule has 0 spiro atoms. The molecule has 6 heteroatoms. The average molecular weight is 498 g/mol. The lowest BCUT2D eigenvalue weighted by molar-refractivity contribution is 0.497. The molecule has 0 saturated heterocycles. The van der Waals surface area contributed by atoms with Crippen molar-refractivity contribution in [2.24, 2.45) is 0 Å². The molecule has 0 saturated carbocycles. The zero-order valence-corrected chi connectivity index (χ0v) is 27.6. The molecule has 0 radical (unpaired) electrons. The summed E-state index contributed by atoms with van der Waals surface area (Å²) in [6.45, 7) is 45.2. The van der Waals surface area contributed by atoms with Crippen molar-refractivity contribution >= 4 is 33.1 Å². The first kappa shape index (κ1) is 29.8. The Hall–Kier alpha value is -0.206. The standard InChI is InChI=1S/C26H55N3SSi2/c1-21(2,3)31(22(4,5)6,23(7,8)9)29(20-27-19-28-30-20)32(24(10,11)12,25(13,14)15)26(16,17)18/h19H,1-18H3. The predicted molar refractivity (Wildman–Crippen MR) is 152 cm³/mol. The van der Waals surface area contributed by atoms with Crippen LogP contribution in [0.15, 0.2) is 6.33 Å². The summed E-state index contributed by atoms with van der Waals surface area (Å²) in [7, 11) is -4.79. The van der Waals surface area contributed by atoms with Crippen molar-refractivity contribution in [1.29, 1.82) is 0 Å². The van der Waals surface area contributed by atoms with Crippen LogP contribution in [0, 0.1) is 0 Å². The molecule has 3 nitrogen and oxygen atoms in total. The summed E-state index contributed by atoms with van der Waals surface area (Å²) in [5.41, 5.74) is 0. The second-order valence-corrected chi connectivity index (χ2v) is 29.9. The van der Waals surface area contributed by atoms with Crippen LogP contribution in [0.25, 0.3) is 0 Å². The topological polar surface area (TPSA) is 29.0 Å². The van der Waals surface area contributed by atoms with Crippen LogP contribution >= 0.6 is 11.5 Å². The Morgan fingerprint density at radius 2 is 0.781 bits per heavy atom. The maximum atomic E-state index is 5.03. The molecular weight excluding hydrogens is 443 g/mol. The molecule has 0 fully saturated rings. The predicted octanol–water partition coefficient (Wildman–Crippen LogP) is 10.0. The van der Waals surface area contributed by atoms with Gasteiger partial charge in [0.15, 0.2) is 21.6 Å². The fourth-order valence-corrected chi connectivity index (χ4v) is 37.3. The minimum atomic E-state index is -2.40. The third-order valence-corrected chi connectivity index (χ3v) is 25.5. The molecule has 32 heavy (non-hydrogen) atoms. The van der Waals surface area contributed by atoms with Crippen molar-refractivity contribution in [3.8, 4) is 0 Å². The first-order chi connectivity index (χ1) is 13.7. The summed E-state index contributed by atoms with van der Waals surface area (Å²) < 4.78 is 7.68. The van der Waals surface area contributed by atoms with Gasteiger partial charge in [0.2, 0.25) is 0 Å². The highest BCUT2D eigenvalue weighted by molar-refractivity contribution is 7.17. The van der Waals surface area contributed by atoms with Crippen molar-refractivity contribution < 1.29 is 0 Å². The molecule has 1 aromatic rings. The minimum absolute atomic E-state index is 0.120. The van der Waals surface area contributed by atoms with Crippen LogP contribution in [0.1, 0.15) is 125 Å². The molecule has 0 atom stereocenters. The minimum Gasteiger partial charge on any atom is -0.396 e. The lowest BCUT2D eigenvalue weighted by Crippen LogP contribution is -2.83. The number of hydrogen-bond acceptors (Lipinski definition) is 4. The molecular formula is C26H55N3SSi2. The second-order valence-electron chi connectivity index (χ2n) is 16.0. The summed E-state index contributed by atoms with van der Waals surface area (Å²) >= 11 is 1.62. The molecule has 0 N–H and O–H groups in total. The average Bonchev–Trinajstić information content (AvgIpc) is 2.90. The van der Waals surface area contributed by atoms with E-state index in [0.29, 0.717) is 0 Å². The van der Waals surface area contributed by atoms with Crippen LogP contribution in [0.4, 0.5) is 5.13 Å². The first-order valence-electron chi connectivity index (χ1n) is 12.3. The summed E-state index contributed by atoms with van der Waals surface area (Å²) in [4.78, 5) is 5.03. The van der Waals surface area contributed by atoms with Gasteiger partial charge in [0, 0.05) is 11.5 Å². The maximum Gasteiger partial charge on any atom is 0.188 e. The van der Waals surface area contributed by atoms with E-state index in [1.165, 1.54) is 0 Å². The van der Waals surface area contributed by atoms with E-state index < -0.39 is 16.5 Å². The summed E-state index contributed by atoms with van der Waals surface area (Å²) in [5.74, 6) is 0. The van der Waals surface area contributed by atoms with Crippen molar-refractivity contribution in [1.82, 2.24) is 9.36 Å². The number of hydrogen-bond donors (Lipinski definition) is 0. The van der Waals surface area contributed by atoms with E-state index in [1.54, 1.807) is 17.9 Å². The molecule has 1 rings (SSSR count). The van der Waals surface area contributed by atoms with Crippen LogP contribution in [0.5, 0.6) is 0 Å². The Labute approximate surface area is 207 Å². The van der Waals surface area contributed by atoms with Crippen LogP contribution in [0.3, 0.4) is 0 Å². The second kappa shape index (κ2) is 8.18. The van der Waals surface area contributed by atoms with E-state index in [9.17, 15) is 0 Å². The smallest absolute Gasteiger partial charge is 0.188 e. The number of anilines is 1. The maximum absolute atomic E-state index is 5.03. The molecule has 188 valence electrons. The fourth-order valence-electron chi connectivity index (χ4n) is 9.57. The Balaban J connectivity index is 4.65. The van der Waals surface area contributed by atoms with Crippen LogP contribution < -0.4 is 4.23 Å². The van der Waals surface area contributed by atoms with Gasteiger partial charge in [0.25, 0.3) is 0 Å². The number of aromatic nitrogens is 2. The monoisotopic (exact) mass is 497 g/mol. The van der Waals surface area contributed by atoms with Crippen LogP contribution in [-0.4, -0.2) is 25.8 Å². The van der Waals surface area contributed by atoms with E-state index in [0.717, 1.165) is 5.13 Å². The van der Waals surface area contributed by atoms with Gasteiger partial charge in [0.05, 0.1) is 0 Å². The van der Waals surface area contributed by atoms with E-state index >= 15 is 0 Å². The normalized spacial score (nSPS) is 15.8. The number of rotatable bonds is 3. The highest BCUT2D eigenvalue weighted by atomic mass is 32.1. The van der Waals surface area contributed by atoms with Gasteiger partial charge >= 0.3 is 0 Å². The highest BCUT2D eigenvalue weighted by Crippen LogP contribution is 2.72. The van der Waals surface area contributed by atoms with Crippen molar-refractivity contribution in [2.45, 2.75) is 155 Å². The zero-order chi connectivity index (χ0) is 26.0. The Morgan fingerprint density at radius 3 is 0.938 bits per heavy atom. The van der Waals surface area contributed by atoms with Gasteiger partial charge in [-0.2, -0.15) is 4.37 Å². The lowest BCUT2D eigenvalue weighted by atomic mass is 10.2. The third kappa shape index (κ3) is 4.19. The van der Waals surface area contributed by atoms with Gasteiger partial charge in [-0.25, -0.2) is 4.98 Å². The van der Waals surface area contributed by atoms with Crippen LogP contribution in [0.2, 0.25) is 30.2 Å². The molecule has 0 aliphatic carbocycles. The zero-order valence-electron chi connectivity index (χ0n) is 24.8. The summed E-state index contributed by atoms with van der Waals surface area (Å²) in [6, 6.07) is 0. The van der Waals surface area contributed by atoms with E-state index in [2.05, 4.69) is 133 Å². The molecule has 0 amide bonds. The Kier molecular flexibility index (Phi) is 7.63. The molecule has 1 heterocycles. The molecule has 0 aliphatic rings. The van der Waals surface area contributed by atoms with Gasteiger partial charge in [-0.05, 0) is 30.2 Å². The highest BCUT2D eigenvalue weighted by Gasteiger charge is 2.74. The molecule has 0 unspecified atom stereocenters. The van der Waals surface area contributed by atoms with Gasteiger partial charge in [-0.15, -0.1) is 0 Å². The Bertz CT molecular complexity index is 637. The van der Waals surface area contributed by atoms with Gasteiger partial charge in [-0.1, -0.05) is 125 Å². The van der Waals surface area contributed by atoms with Crippen molar-refractivity contribution in [3.63, 3.8) is 0 Å². The van der Waals surface area contributed by atoms with Crippen molar-refractivity contribution in [3.05, 3.63) is 6.33 Å². The number of nitrogens with zero attached hydrogens (tertiary/aromatic N) is 3. The summed E-state index contributed by atoms with van der Waals surface area (Å²) in [6.07, 6.45) is 1.78. The van der Waals surface area contributed by atoms with Gasteiger partial charge in [-0.3, -0.25) is 0 Å². The third-order valence-electron chi connectivity index (χ3n) is 7.72. The van der Waals surface area contributed by atoms with Gasteiger partial charge < -0.3 is 4.23 Å². The molecule has 1 aromatic heterocycles. The first-order valence-corrected chi connectivity index (χ1v) is 17.0. The molecule has 0 aromatic carbocycles. The summed E-state index contributed by atoms with van der Waals surface area (Å²) in [5, 5.41) is 1.88. The largest absolute Gasteiger partial charge is 0.396 e. The van der Waals surface area contributed by atoms with Crippen LogP contribution in [-0.2, 0) is 0 Å². The van der Waals surface area contributed by atoms with E-state index in [4.69, 9.17) is 4.98 Å². The Morgan fingerprint density at radius 1 is 0.531 bits per heavy atom. The van der Waals surface area contributed by atoms with E-state index in [1.807, 2.05) is 0 Å². The quantitative estimate of drug-likeness (QED) is 0.389. The van der Waals surface area contributed by atoms with E-state index in [-0.39, 0.29) is 30.2 Å². The fraction of sp³-hybridized carbons (Fsp3) is 0.923. The molecule has 0 bridgehead atoms. The van der Waals surface area contributed by atoms with Gasteiger partial charge in [0.1, 0.15) is 6.33 Å². The van der Waals surface area contributed by atoms with Crippen molar-refractivity contribution in [2.75, 3.05) is 4.23 Å².